The molecule has 41 heavy (non-hydrogen) atoms. The Hall–Kier alpha value is -4.79. The molecule has 0 aromatic heterocycles. The average molecular weight is 548 g/mol. The second kappa shape index (κ2) is 9.40. The smallest absolute Gasteiger partial charge is 0.196 e. The summed E-state index contributed by atoms with van der Waals surface area (Å²) >= 11 is 6.26. The molecule has 0 radical (unpaired) electrons. The first-order valence-corrected chi connectivity index (χ1v) is 14.3. The zero-order chi connectivity index (χ0) is 27.4. The molecule has 2 aliphatic rings. The zero-order valence-corrected chi connectivity index (χ0v) is 23.0. The van der Waals surface area contributed by atoms with Crippen LogP contribution >= 0.6 is 11.6 Å². The number of halogens is 1. The third kappa shape index (κ3) is 3.65. The van der Waals surface area contributed by atoms with Gasteiger partial charge in [0.2, 0.25) is 0 Å². The van der Waals surface area contributed by atoms with Crippen molar-refractivity contribution in [2.24, 2.45) is 0 Å². The monoisotopic (exact) mass is 547 g/mol. The van der Waals surface area contributed by atoms with Crippen molar-refractivity contribution in [1.82, 2.24) is 0 Å². The van der Waals surface area contributed by atoms with Crippen molar-refractivity contribution >= 4 is 17.3 Å². The zero-order valence-electron chi connectivity index (χ0n) is 22.2. The van der Waals surface area contributed by atoms with Gasteiger partial charge in [0.05, 0.1) is 11.1 Å². The van der Waals surface area contributed by atoms with Crippen molar-refractivity contribution in [2.75, 3.05) is 5.32 Å². The molecule has 0 bridgehead atoms. The van der Waals surface area contributed by atoms with Crippen LogP contribution in [0.4, 0.5) is 5.69 Å². The molecule has 1 N–H and O–H groups in total. The fraction of sp³-hybridized carbons (Fsp3) is 0.0526. The number of nitrogens with one attached hydrogen (secondary N) is 1. The van der Waals surface area contributed by atoms with E-state index < -0.39 is 5.41 Å². The Balaban J connectivity index is 1.32. The summed E-state index contributed by atoms with van der Waals surface area (Å²) in [6.45, 7) is 0. The minimum Gasteiger partial charge on any atom is -0.464 e. The highest BCUT2D eigenvalue weighted by molar-refractivity contribution is 6.30. The lowest BCUT2D eigenvalue weighted by Gasteiger charge is -2.34. The maximum absolute atomic E-state index is 6.41. The Morgan fingerprint density at radius 2 is 1.24 bits per heavy atom. The highest BCUT2D eigenvalue weighted by Crippen LogP contribution is 2.58. The molecule has 8 rings (SSSR count). The van der Waals surface area contributed by atoms with Gasteiger partial charge >= 0.3 is 0 Å². The van der Waals surface area contributed by atoms with Gasteiger partial charge in [0.15, 0.2) is 6.23 Å². The molecular weight excluding hydrogens is 522 g/mol. The summed E-state index contributed by atoms with van der Waals surface area (Å²) < 4.78 is 6.41. The Morgan fingerprint density at radius 3 is 2.00 bits per heavy atom. The number of rotatable bonds is 4. The molecule has 1 atom stereocenters. The first-order valence-electron chi connectivity index (χ1n) is 13.9. The van der Waals surface area contributed by atoms with Crippen molar-refractivity contribution in [3.8, 4) is 28.0 Å². The number of ether oxygens (including phenoxy) is 1. The largest absolute Gasteiger partial charge is 0.464 e. The van der Waals surface area contributed by atoms with Gasteiger partial charge in [-0.3, -0.25) is 0 Å². The number of hydrogen-bond donors (Lipinski definition) is 1. The van der Waals surface area contributed by atoms with E-state index in [-0.39, 0.29) is 6.23 Å². The van der Waals surface area contributed by atoms with Crippen LogP contribution in [0.2, 0.25) is 5.02 Å². The normalized spacial score (nSPS) is 15.8. The molecule has 6 aromatic rings. The molecule has 1 aliphatic heterocycles. The van der Waals surface area contributed by atoms with Crippen molar-refractivity contribution in [3.05, 3.63) is 178 Å². The summed E-state index contributed by atoms with van der Waals surface area (Å²) in [6, 6.07) is 51.7. The van der Waals surface area contributed by atoms with Crippen LogP contribution in [-0.4, -0.2) is 0 Å². The molecule has 0 amide bonds. The van der Waals surface area contributed by atoms with Crippen LogP contribution < -0.4 is 10.1 Å². The maximum atomic E-state index is 6.41. The Labute approximate surface area is 244 Å². The highest BCUT2D eigenvalue weighted by atomic mass is 35.5. The van der Waals surface area contributed by atoms with Gasteiger partial charge in [0, 0.05) is 10.6 Å². The van der Waals surface area contributed by atoms with Crippen LogP contribution in [0.25, 0.3) is 22.3 Å². The van der Waals surface area contributed by atoms with Crippen LogP contribution in [-0.2, 0) is 5.41 Å². The Kier molecular flexibility index (Phi) is 5.51. The van der Waals surface area contributed by atoms with Crippen LogP contribution in [0, 0.1) is 0 Å². The summed E-state index contributed by atoms with van der Waals surface area (Å²) in [5.41, 5.74) is 11.6. The number of anilines is 1. The summed E-state index contributed by atoms with van der Waals surface area (Å²) in [4.78, 5) is 0. The van der Waals surface area contributed by atoms with Crippen LogP contribution in [0.1, 0.15) is 34.0 Å². The van der Waals surface area contributed by atoms with Crippen LogP contribution in [0.5, 0.6) is 5.75 Å². The predicted molar refractivity (Wildman–Crippen MR) is 168 cm³/mol. The lowest BCUT2D eigenvalue weighted by atomic mass is 9.67. The van der Waals surface area contributed by atoms with E-state index in [0.29, 0.717) is 5.02 Å². The molecular formula is C38H26ClNO. The van der Waals surface area contributed by atoms with Gasteiger partial charge in [0.25, 0.3) is 0 Å². The third-order valence-corrected chi connectivity index (χ3v) is 8.69. The first-order chi connectivity index (χ1) is 20.2. The standard InChI is InChI=1S/C38H26ClNO/c39-29-16-9-11-26(23-29)37-40-34-22-21-25(24-35(34)41-37)30-18-10-20-33-36(30)31-17-7-8-19-32(31)38(33,27-12-3-1-4-13-27)28-14-5-2-6-15-28/h1-24,37,40H. The predicted octanol–water partition coefficient (Wildman–Crippen LogP) is 9.87. The molecule has 0 fully saturated rings. The molecule has 1 unspecified atom stereocenters. The Morgan fingerprint density at radius 1 is 0.585 bits per heavy atom. The second-order valence-electron chi connectivity index (χ2n) is 10.7. The molecule has 0 saturated heterocycles. The number of benzene rings is 6. The average Bonchev–Trinajstić information content (AvgIpc) is 3.59. The van der Waals surface area contributed by atoms with Crippen LogP contribution in [0.15, 0.2) is 146 Å². The van der Waals surface area contributed by atoms with Gasteiger partial charge in [0.1, 0.15) is 5.75 Å². The maximum Gasteiger partial charge on any atom is 0.196 e. The van der Waals surface area contributed by atoms with Gasteiger partial charge < -0.3 is 10.1 Å². The summed E-state index contributed by atoms with van der Waals surface area (Å²) in [7, 11) is 0. The number of hydrogen-bond acceptors (Lipinski definition) is 2. The van der Waals surface area contributed by atoms with E-state index in [9.17, 15) is 0 Å². The SMILES string of the molecule is Clc1cccc(C2Nc3ccc(-c4cccc5c4-c4ccccc4C5(c4ccccc4)c4ccccc4)cc3O2)c1. The van der Waals surface area contributed by atoms with Crippen molar-refractivity contribution in [1.29, 1.82) is 0 Å². The molecule has 3 heteroatoms. The van der Waals surface area contributed by atoms with E-state index in [1.807, 2.05) is 24.3 Å². The summed E-state index contributed by atoms with van der Waals surface area (Å²) in [5.74, 6) is 0.841. The minimum absolute atomic E-state index is 0.273. The summed E-state index contributed by atoms with van der Waals surface area (Å²) in [6.07, 6.45) is -0.273. The van der Waals surface area contributed by atoms with E-state index in [4.69, 9.17) is 16.3 Å². The van der Waals surface area contributed by atoms with Crippen molar-refractivity contribution in [3.63, 3.8) is 0 Å². The van der Waals surface area contributed by atoms with E-state index in [2.05, 4.69) is 127 Å². The van der Waals surface area contributed by atoms with E-state index in [1.54, 1.807) is 0 Å². The van der Waals surface area contributed by atoms with E-state index >= 15 is 0 Å². The molecule has 0 saturated carbocycles. The van der Waals surface area contributed by atoms with Crippen LogP contribution in [0.3, 0.4) is 0 Å². The summed E-state index contributed by atoms with van der Waals surface area (Å²) in [5, 5.41) is 4.20. The lowest BCUT2D eigenvalue weighted by Crippen LogP contribution is -2.28. The molecule has 1 heterocycles. The van der Waals surface area contributed by atoms with E-state index in [0.717, 1.165) is 22.6 Å². The molecule has 196 valence electrons. The van der Waals surface area contributed by atoms with Gasteiger partial charge in [-0.25, -0.2) is 0 Å². The molecule has 0 spiro atoms. The van der Waals surface area contributed by atoms with Gasteiger partial charge in [-0.1, -0.05) is 133 Å². The molecule has 6 aromatic carbocycles. The minimum atomic E-state index is -0.420. The number of fused-ring (bicyclic) bond motifs is 4. The third-order valence-electron chi connectivity index (χ3n) is 8.46. The first kappa shape index (κ1) is 24.0. The lowest BCUT2D eigenvalue weighted by molar-refractivity contribution is 0.260. The topological polar surface area (TPSA) is 21.3 Å². The van der Waals surface area contributed by atoms with Crippen molar-refractivity contribution in [2.45, 2.75) is 11.6 Å². The molecule has 2 nitrogen and oxygen atoms in total. The highest BCUT2D eigenvalue weighted by Gasteiger charge is 2.46. The van der Waals surface area contributed by atoms with E-state index in [1.165, 1.54) is 38.9 Å². The molecule has 1 aliphatic carbocycles. The van der Waals surface area contributed by atoms with Crippen molar-refractivity contribution < 1.29 is 4.74 Å². The fourth-order valence-electron chi connectivity index (χ4n) is 6.76. The fourth-order valence-corrected chi connectivity index (χ4v) is 6.96. The Bertz CT molecular complexity index is 1880. The van der Waals surface area contributed by atoms with Gasteiger partial charge in [-0.2, -0.15) is 0 Å². The van der Waals surface area contributed by atoms with Gasteiger partial charge in [-0.15, -0.1) is 0 Å². The quantitative estimate of drug-likeness (QED) is 0.237. The van der Waals surface area contributed by atoms with Gasteiger partial charge in [-0.05, 0) is 68.8 Å². The second-order valence-corrected chi connectivity index (χ2v) is 11.1.